The first-order valence-corrected chi connectivity index (χ1v) is 6.43. The molecule has 108 valence electrons. The van der Waals surface area contributed by atoms with E-state index in [4.69, 9.17) is 0 Å². The number of imidazole rings is 1. The van der Waals surface area contributed by atoms with E-state index in [0.29, 0.717) is 6.54 Å². The fourth-order valence-corrected chi connectivity index (χ4v) is 2.30. The van der Waals surface area contributed by atoms with Crippen molar-refractivity contribution in [1.82, 2.24) is 14.9 Å². The third-order valence-electron chi connectivity index (χ3n) is 3.11. The van der Waals surface area contributed by atoms with Gasteiger partial charge in [-0.15, -0.1) is 0 Å². The maximum atomic E-state index is 12.0. The summed E-state index contributed by atoms with van der Waals surface area (Å²) in [5, 5.41) is 3.24. The van der Waals surface area contributed by atoms with E-state index in [1.54, 1.807) is 0 Å². The van der Waals surface area contributed by atoms with Gasteiger partial charge >= 0.3 is 6.18 Å². The zero-order chi connectivity index (χ0) is 13.9. The molecule has 0 bridgehead atoms. The number of fused-ring (bicyclic) bond motifs is 1. The van der Waals surface area contributed by atoms with Crippen LogP contribution in [0.5, 0.6) is 0 Å². The van der Waals surface area contributed by atoms with Gasteiger partial charge in [-0.05, 0) is 0 Å². The third-order valence-corrected chi connectivity index (χ3v) is 3.11. The molecule has 2 rings (SSSR count). The maximum absolute atomic E-state index is 12.0. The molecular formula is C12H18F3N3O. The van der Waals surface area contributed by atoms with Gasteiger partial charge in [-0.1, -0.05) is 6.92 Å². The second kappa shape index (κ2) is 5.92. The van der Waals surface area contributed by atoms with Gasteiger partial charge in [0.1, 0.15) is 12.4 Å². The Morgan fingerprint density at radius 2 is 2.21 bits per heavy atom. The molecule has 7 heteroatoms. The molecule has 0 atom stereocenters. The molecule has 0 aliphatic carbocycles. The molecule has 0 spiro atoms. The van der Waals surface area contributed by atoms with E-state index in [1.807, 2.05) is 11.5 Å². The molecule has 1 aromatic rings. The lowest BCUT2D eigenvalue weighted by atomic mass is 10.2. The Bertz CT molecular complexity index is 429. The highest BCUT2D eigenvalue weighted by Crippen LogP contribution is 2.17. The quantitative estimate of drug-likeness (QED) is 0.832. The molecule has 0 fully saturated rings. The van der Waals surface area contributed by atoms with Gasteiger partial charge in [0.05, 0.1) is 12.3 Å². The van der Waals surface area contributed by atoms with Crippen LogP contribution in [0.15, 0.2) is 0 Å². The van der Waals surface area contributed by atoms with E-state index in [2.05, 4.69) is 15.0 Å². The predicted molar refractivity (Wildman–Crippen MR) is 63.9 cm³/mol. The minimum absolute atomic E-state index is 0.0583. The number of nitrogens with one attached hydrogen (secondary N) is 1. The van der Waals surface area contributed by atoms with E-state index < -0.39 is 12.8 Å². The highest BCUT2D eigenvalue weighted by molar-refractivity contribution is 5.20. The Morgan fingerprint density at radius 3 is 2.89 bits per heavy atom. The molecule has 0 amide bonds. The summed E-state index contributed by atoms with van der Waals surface area (Å²) in [6, 6.07) is 0. The molecule has 0 aromatic carbocycles. The van der Waals surface area contributed by atoms with Gasteiger partial charge < -0.3 is 14.6 Å². The summed E-state index contributed by atoms with van der Waals surface area (Å²) in [6.07, 6.45) is -2.63. The molecule has 0 saturated heterocycles. The van der Waals surface area contributed by atoms with Crippen molar-refractivity contribution in [1.29, 1.82) is 0 Å². The molecule has 0 unspecified atom stereocenters. The van der Waals surface area contributed by atoms with Crippen LogP contribution in [-0.4, -0.2) is 35.5 Å². The van der Waals surface area contributed by atoms with Crippen LogP contribution in [0.4, 0.5) is 13.2 Å². The maximum Gasteiger partial charge on any atom is 0.411 e. The zero-order valence-electron chi connectivity index (χ0n) is 10.9. The first-order valence-electron chi connectivity index (χ1n) is 6.43. The third kappa shape index (κ3) is 3.70. The molecule has 2 heterocycles. The van der Waals surface area contributed by atoms with Crippen molar-refractivity contribution in [3.63, 3.8) is 0 Å². The van der Waals surface area contributed by atoms with Crippen LogP contribution in [0.25, 0.3) is 0 Å². The van der Waals surface area contributed by atoms with Gasteiger partial charge in [0.25, 0.3) is 0 Å². The number of hydrogen-bond acceptors (Lipinski definition) is 3. The summed E-state index contributed by atoms with van der Waals surface area (Å²) in [7, 11) is 0. The summed E-state index contributed by atoms with van der Waals surface area (Å²) in [6.45, 7) is 2.91. The van der Waals surface area contributed by atoms with Crippen LogP contribution in [0, 0.1) is 0 Å². The number of aromatic nitrogens is 2. The van der Waals surface area contributed by atoms with E-state index in [1.165, 1.54) is 0 Å². The molecular weight excluding hydrogens is 259 g/mol. The Labute approximate surface area is 110 Å². The number of aryl methyl sites for hydroxylation is 1. The van der Waals surface area contributed by atoms with Crippen molar-refractivity contribution in [2.24, 2.45) is 0 Å². The van der Waals surface area contributed by atoms with Crippen molar-refractivity contribution in [2.45, 2.75) is 39.0 Å². The van der Waals surface area contributed by atoms with Crippen LogP contribution in [-0.2, 0) is 30.7 Å². The van der Waals surface area contributed by atoms with Crippen molar-refractivity contribution >= 4 is 0 Å². The molecule has 1 aromatic heterocycles. The van der Waals surface area contributed by atoms with Crippen LogP contribution >= 0.6 is 0 Å². The minimum atomic E-state index is -4.26. The number of ether oxygens (including phenoxy) is 1. The summed E-state index contributed by atoms with van der Waals surface area (Å²) in [5.74, 6) is 0.921. The fourth-order valence-electron chi connectivity index (χ4n) is 2.30. The van der Waals surface area contributed by atoms with Crippen molar-refractivity contribution < 1.29 is 17.9 Å². The normalized spacial score (nSPS) is 15.6. The van der Waals surface area contributed by atoms with Crippen LogP contribution in [0.3, 0.4) is 0 Å². The largest absolute Gasteiger partial charge is 0.411 e. The van der Waals surface area contributed by atoms with E-state index >= 15 is 0 Å². The Morgan fingerprint density at radius 1 is 1.42 bits per heavy atom. The van der Waals surface area contributed by atoms with E-state index in [-0.39, 0.29) is 6.61 Å². The van der Waals surface area contributed by atoms with Gasteiger partial charge in [0, 0.05) is 38.2 Å². The Balaban J connectivity index is 1.97. The smallest absolute Gasteiger partial charge is 0.370 e. The van der Waals surface area contributed by atoms with Crippen molar-refractivity contribution in [3.8, 4) is 0 Å². The highest BCUT2D eigenvalue weighted by atomic mass is 19.4. The standard InChI is InChI=1S/C12H18F3N3O/c1-2-11-17-9-7-16-4-3-10(9)18(11)5-6-19-8-12(13,14)15/h16H,2-8H2,1H3. The Kier molecular flexibility index (Phi) is 4.46. The average molecular weight is 277 g/mol. The lowest BCUT2D eigenvalue weighted by Gasteiger charge is -2.16. The first kappa shape index (κ1) is 14.3. The Hall–Kier alpha value is -1.08. The molecule has 19 heavy (non-hydrogen) atoms. The number of halogens is 3. The lowest BCUT2D eigenvalue weighted by molar-refractivity contribution is -0.174. The number of hydrogen-bond donors (Lipinski definition) is 1. The molecule has 1 aliphatic heterocycles. The number of alkyl halides is 3. The lowest BCUT2D eigenvalue weighted by Crippen LogP contribution is -2.26. The molecule has 4 nitrogen and oxygen atoms in total. The van der Waals surface area contributed by atoms with Crippen molar-refractivity contribution in [2.75, 3.05) is 19.8 Å². The van der Waals surface area contributed by atoms with Gasteiger partial charge in [-0.3, -0.25) is 0 Å². The predicted octanol–water partition coefficient (Wildman–Crippen LogP) is 1.67. The van der Waals surface area contributed by atoms with Crippen LogP contribution in [0.1, 0.15) is 24.1 Å². The summed E-state index contributed by atoms with van der Waals surface area (Å²) >= 11 is 0. The van der Waals surface area contributed by atoms with Crippen LogP contribution in [0.2, 0.25) is 0 Å². The van der Waals surface area contributed by atoms with Crippen molar-refractivity contribution in [3.05, 3.63) is 17.2 Å². The summed E-state index contributed by atoms with van der Waals surface area (Å²) in [5.41, 5.74) is 2.14. The second-order valence-corrected chi connectivity index (χ2v) is 4.52. The molecule has 0 radical (unpaired) electrons. The van der Waals surface area contributed by atoms with Gasteiger partial charge in [0.2, 0.25) is 0 Å². The second-order valence-electron chi connectivity index (χ2n) is 4.52. The fraction of sp³-hybridized carbons (Fsp3) is 0.750. The summed E-state index contributed by atoms with van der Waals surface area (Å²) in [4.78, 5) is 4.52. The first-order chi connectivity index (χ1) is 9.01. The average Bonchev–Trinajstić information content (AvgIpc) is 2.71. The number of nitrogens with zero attached hydrogens (tertiary/aromatic N) is 2. The van der Waals surface area contributed by atoms with Crippen LogP contribution < -0.4 is 5.32 Å². The van der Waals surface area contributed by atoms with E-state index in [0.717, 1.165) is 43.1 Å². The highest BCUT2D eigenvalue weighted by Gasteiger charge is 2.27. The number of rotatable bonds is 5. The minimum Gasteiger partial charge on any atom is -0.370 e. The van der Waals surface area contributed by atoms with Gasteiger partial charge in [0.15, 0.2) is 0 Å². The monoisotopic (exact) mass is 277 g/mol. The zero-order valence-corrected chi connectivity index (χ0v) is 10.9. The molecule has 0 saturated carbocycles. The summed E-state index contributed by atoms with van der Waals surface area (Å²) < 4.78 is 42.6. The van der Waals surface area contributed by atoms with E-state index in [9.17, 15) is 13.2 Å². The molecule has 1 N–H and O–H groups in total. The van der Waals surface area contributed by atoms with Gasteiger partial charge in [-0.2, -0.15) is 13.2 Å². The SMILES string of the molecule is CCc1nc2c(n1CCOCC(F)(F)F)CCNC2. The molecule has 1 aliphatic rings. The topological polar surface area (TPSA) is 39.1 Å². The van der Waals surface area contributed by atoms with Gasteiger partial charge in [-0.25, -0.2) is 4.98 Å².